The summed E-state index contributed by atoms with van der Waals surface area (Å²) in [6.45, 7) is 3.19. The van der Waals surface area contributed by atoms with Crippen LogP contribution < -0.4 is 10.0 Å². The molecule has 2 rings (SSSR count). The molecule has 0 saturated heterocycles. The van der Waals surface area contributed by atoms with Crippen LogP contribution in [0.25, 0.3) is 0 Å². The zero-order chi connectivity index (χ0) is 14.8. The van der Waals surface area contributed by atoms with E-state index in [0.29, 0.717) is 21.3 Å². The van der Waals surface area contributed by atoms with Gasteiger partial charge in [-0.3, -0.25) is 0 Å². The smallest absolute Gasteiger partial charge is 0.242 e. The van der Waals surface area contributed by atoms with Crippen molar-refractivity contribution in [2.45, 2.75) is 42.5 Å². The van der Waals surface area contributed by atoms with Crippen LogP contribution in [0.4, 0.5) is 0 Å². The van der Waals surface area contributed by atoms with E-state index in [9.17, 15) is 8.42 Å². The van der Waals surface area contributed by atoms with Crippen LogP contribution in [-0.2, 0) is 16.6 Å². The minimum atomic E-state index is -3.43. The number of thiophene rings is 1. The van der Waals surface area contributed by atoms with Crippen LogP contribution in [0.15, 0.2) is 14.7 Å². The predicted molar refractivity (Wildman–Crippen MR) is 90.0 cm³/mol. The molecular weight excluding hydrogens is 380 g/mol. The summed E-state index contributed by atoms with van der Waals surface area (Å²) in [5.74, 6) is 0. The first-order valence-electron chi connectivity index (χ1n) is 6.46. The van der Waals surface area contributed by atoms with Crippen LogP contribution >= 0.6 is 39.0 Å². The SMILES string of the molecule is CSC(C)CNS(=O)(=O)c1cc(CNC2CC2)sc1Br. The van der Waals surface area contributed by atoms with E-state index < -0.39 is 10.0 Å². The van der Waals surface area contributed by atoms with E-state index >= 15 is 0 Å². The standard InChI is InChI=1S/C12H19BrN2O2S3/c1-8(18-2)6-15-20(16,17)11-5-10(19-12(11)13)7-14-9-3-4-9/h5,8-9,14-15H,3-4,6-7H2,1-2H3. The molecule has 0 aliphatic heterocycles. The van der Waals surface area contributed by atoms with E-state index in [0.717, 1.165) is 11.4 Å². The van der Waals surface area contributed by atoms with E-state index in [1.165, 1.54) is 24.2 Å². The average molecular weight is 399 g/mol. The lowest BCUT2D eigenvalue weighted by Crippen LogP contribution is -2.29. The lowest BCUT2D eigenvalue weighted by Gasteiger charge is -2.09. The Bertz CT molecular complexity index is 555. The van der Waals surface area contributed by atoms with E-state index in [1.807, 2.05) is 13.2 Å². The van der Waals surface area contributed by atoms with Gasteiger partial charge in [-0.15, -0.1) is 11.3 Å². The summed E-state index contributed by atoms with van der Waals surface area (Å²) in [6.07, 6.45) is 4.43. The molecule has 2 N–H and O–H groups in total. The first kappa shape index (κ1) is 16.8. The van der Waals surface area contributed by atoms with Gasteiger partial charge >= 0.3 is 0 Å². The lowest BCUT2D eigenvalue weighted by atomic mass is 10.4. The van der Waals surface area contributed by atoms with Crippen molar-refractivity contribution in [1.29, 1.82) is 0 Å². The molecule has 1 saturated carbocycles. The molecule has 1 aromatic rings. The zero-order valence-electron chi connectivity index (χ0n) is 11.5. The third-order valence-corrected chi connectivity index (χ3v) is 7.75. The third kappa shape index (κ3) is 4.71. The number of thioether (sulfide) groups is 1. The Hall–Kier alpha value is 0.400. The Labute approximate surface area is 137 Å². The Morgan fingerprint density at radius 1 is 1.55 bits per heavy atom. The van der Waals surface area contributed by atoms with Gasteiger partial charge in [-0.25, -0.2) is 13.1 Å². The van der Waals surface area contributed by atoms with Gasteiger partial charge in [0.1, 0.15) is 4.90 Å². The molecule has 1 fully saturated rings. The topological polar surface area (TPSA) is 58.2 Å². The predicted octanol–water partition coefficient (Wildman–Crippen LogP) is 2.79. The van der Waals surface area contributed by atoms with Crippen molar-refractivity contribution in [2.24, 2.45) is 0 Å². The number of hydrogen-bond acceptors (Lipinski definition) is 5. The maximum Gasteiger partial charge on any atom is 0.242 e. The van der Waals surface area contributed by atoms with Gasteiger partial charge < -0.3 is 5.32 Å². The summed E-state index contributed by atoms with van der Waals surface area (Å²) in [5, 5.41) is 3.66. The van der Waals surface area contributed by atoms with Gasteiger partial charge in [-0.2, -0.15) is 11.8 Å². The highest BCUT2D eigenvalue weighted by molar-refractivity contribution is 9.11. The van der Waals surface area contributed by atoms with Gasteiger partial charge in [0.2, 0.25) is 10.0 Å². The average Bonchev–Trinajstić information content (AvgIpc) is 3.16. The van der Waals surface area contributed by atoms with Crippen molar-refractivity contribution >= 4 is 49.1 Å². The molecule has 1 atom stereocenters. The quantitative estimate of drug-likeness (QED) is 0.706. The Kier molecular flexibility index (Phi) is 5.96. The molecule has 1 aliphatic carbocycles. The van der Waals surface area contributed by atoms with Crippen molar-refractivity contribution in [3.8, 4) is 0 Å². The minimum absolute atomic E-state index is 0.262. The fourth-order valence-corrected chi connectivity index (χ4v) is 5.71. The second kappa shape index (κ2) is 7.11. The molecule has 8 heteroatoms. The number of nitrogens with one attached hydrogen (secondary N) is 2. The molecule has 1 aliphatic rings. The van der Waals surface area contributed by atoms with Crippen LogP contribution in [0.2, 0.25) is 0 Å². The second-order valence-electron chi connectivity index (χ2n) is 4.90. The maximum absolute atomic E-state index is 12.3. The van der Waals surface area contributed by atoms with Gasteiger partial charge in [-0.1, -0.05) is 6.92 Å². The molecule has 0 bridgehead atoms. The van der Waals surface area contributed by atoms with Crippen LogP contribution in [0.1, 0.15) is 24.6 Å². The van der Waals surface area contributed by atoms with Crippen molar-refractivity contribution in [2.75, 3.05) is 12.8 Å². The highest BCUT2D eigenvalue weighted by Crippen LogP contribution is 2.32. The van der Waals surface area contributed by atoms with Crippen LogP contribution in [0, 0.1) is 0 Å². The van der Waals surface area contributed by atoms with Gasteiger partial charge in [-0.05, 0) is 41.1 Å². The monoisotopic (exact) mass is 398 g/mol. The molecule has 1 unspecified atom stereocenters. The number of sulfonamides is 1. The fraction of sp³-hybridized carbons (Fsp3) is 0.667. The van der Waals surface area contributed by atoms with E-state index in [4.69, 9.17) is 0 Å². The molecule has 0 amide bonds. The summed E-state index contributed by atoms with van der Waals surface area (Å²) in [5.41, 5.74) is 0. The van der Waals surface area contributed by atoms with Gasteiger partial charge in [0.15, 0.2) is 0 Å². The Morgan fingerprint density at radius 3 is 2.85 bits per heavy atom. The van der Waals surface area contributed by atoms with E-state index in [2.05, 4.69) is 26.0 Å². The largest absolute Gasteiger partial charge is 0.309 e. The summed E-state index contributed by atoms with van der Waals surface area (Å²) in [6, 6.07) is 2.38. The number of rotatable bonds is 8. The highest BCUT2D eigenvalue weighted by Gasteiger charge is 2.23. The summed E-state index contributed by atoms with van der Waals surface area (Å²) >= 11 is 6.49. The van der Waals surface area contributed by atoms with E-state index in [1.54, 1.807) is 17.8 Å². The van der Waals surface area contributed by atoms with Gasteiger partial charge in [0.25, 0.3) is 0 Å². The normalized spacial score (nSPS) is 17.4. The summed E-state index contributed by atoms with van der Waals surface area (Å²) < 4.78 is 27.9. The Balaban J connectivity index is 2.01. The molecule has 0 radical (unpaired) electrons. The van der Waals surface area contributed by atoms with Crippen LogP contribution in [0.5, 0.6) is 0 Å². The molecule has 1 aromatic heterocycles. The number of hydrogen-bond donors (Lipinski definition) is 2. The second-order valence-corrected chi connectivity index (χ2v) is 10.4. The van der Waals surface area contributed by atoms with Crippen LogP contribution in [0.3, 0.4) is 0 Å². The minimum Gasteiger partial charge on any atom is -0.309 e. The molecule has 0 aromatic carbocycles. The molecule has 114 valence electrons. The van der Waals surface area contributed by atoms with Crippen molar-refractivity contribution in [1.82, 2.24) is 10.0 Å². The van der Waals surface area contributed by atoms with Crippen molar-refractivity contribution < 1.29 is 8.42 Å². The van der Waals surface area contributed by atoms with Crippen molar-refractivity contribution in [3.05, 3.63) is 14.7 Å². The highest BCUT2D eigenvalue weighted by atomic mass is 79.9. The molecule has 4 nitrogen and oxygen atoms in total. The zero-order valence-corrected chi connectivity index (χ0v) is 15.5. The first-order valence-corrected chi connectivity index (χ1v) is 10.8. The summed E-state index contributed by atoms with van der Waals surface area (Å²) in [4.78, 5) is 1.39. The molecule has 0 spiro atoms. The molecular formula is C12H19BrN2O2S3. The van der Waals surface area contributed by atoms with Gasteiger partial charge in [0.05, 0.1) is 3.79 Å². The summed E-state index contributed by atoms with van der Waals surface area (Å²) in [7, 11) is -3.43. The maximum atomic E-state index is 12.3. The molecule has 20 heavy (non-hydrogen) atoms. The van der Waals surface area contributed by atoms with Gasteiger partial charge in [0, 0.05) is 29.3 Å². The number of halogens is 1. The Morgan fingerprint density at radius 2 is 2.25 bits per heavy atom. The van der Waals surface area contributed by atoms with Crippen molar-refractivity contribution in [3.63, 3.8) is 0 Å². The lowest BCUT2D eigenvalue weighted by molar-refractivity contribution is 0.581. The first-order chi connectivity index (χ1) is 9.42. The van der Waals surface area contributed by atoms with Crippen LogP contribution in [-0.4, -0.2) is 32.5 Å². The molecule has 1 heterocycles. The van der Waals surface area contributed by atoms with E-state index in [-0.39, 0.29) is 5.25 Å². The third-order valence-electron chi connectivity index (χ3n) is 3.10. The fourth-order valence-electron chi connectivity index (χ4n) is 1.59.